The maximum atomic E-state index is 10.3. The molecular formula is C45H25N5. The zero-order chi connectivity index (χ0) is 33.8. The highest BCUT2D eigenvalue weighted by atomic mass is 15.0. The largest absolute Gasteiger partial charge is 0.309 e. The first-order valence-corrected chi connectivity index (χ1v) is 16.3. The molecule has 0 aliphatic heterocycles. The lowest BCUT2D eigenvalue weighted by molar-refractivity contribution is 1.16. The number of nitriles is 3. The van der Waals surface area contributed by atoms with Crippen LogP contribution in [0, 0.1) is 34.0 Å². The van der Waals surface area contributed by atoms with E-state index in [1.165, 1.54) is 10.8 Å². The van der Waals surface area contributed by atoms with Crippen LogP contribution in [0.2, 0.25) is 0 Å². The molecule has 2 aromatic heterocycles. The SMILES string of the molecule is N#Cc1ccc2c(c1)c1cccc(C#N)c1n2-c1cc(-c2cccc(-c3ccccc3-n3c4ccccc4c4ccccc43)c2)ccc1C#N. The Morgan fingerprint density at radius 1 is 0.380 bits per heavy atom. The maximum Gasteiger partial charge on any atom is 0.101 e. The van der Waals surface area contributed by atoms with Crippen LogP contribution in [0.15, 0.2) is 152 Å². The van der Waals surface area contributed by atoms with E-state index in [1.807, 2.05) is 47.0 Å². The molecule has 0 amide bonds. The van der Waals surface area contributed by atoms with Crippen LogP contribution >= 0.6 is 0 Å². The van der Waals surface area contributed by atoms with Crippen molar-refractivity contribution in [2.24, 2.45) is 0 Å². The first-order valence-electron chi connectivity index (χ1n) is 16.3. The van der Waals surface area contributed by atoms with Gasteiger partial charge in [0.1, 0.15) is 12.1 Å². The van der Waals surface area contributed by atoms with Gasteiger partial charge in [-0.2, -0.15) is 15.8 Å². The Kier molecular flexibility index (Phi) is 6.56. The van der Waals surface area contributed by atoms with Crippen LogP contribution in [-0.4, -0.2) is 9.13 Å². The zero-order valence-electron chi connectivity index (χ0n) is 26.7. The monoisotopic (exact) mass is 635 g/mol. The van der Waals surface area contributed by atoms with Crippen molar-refractivity contribution < 1.29 is 0 Å². The van der Waals surface area contributed by atoms with Crippen molar-refractivity contribution in [3.8, 4) is 51.8 Å². The van der Waals surface area contributed by atoms with Crippen LogP contribution < -0.4 is 0 Å². The normalized spacial score (nSPS) is 11.1. The molecule has 0 aliphatic rings. The second-order valence-electron chi connectivity index (χ2n) is 12.3. The van der Waals surface area contributed by atoms with Crippen molar-refractivity contribution in [1.82, 2.24) is 9.13 Å². The van der Waals surface area contributed by atoms with Gasteiger partial charge >= 0.3 is 0 Å². The first-order chi connectivity index (χ1) is 24.7. The molecule has 9 rings (SSSR count). The van der Waals surface area contributed by atoms with Crippen molar-refractivity contribution in [3.05, 3.63) is 168 Å². The number of benzene rings is 7. The third-order valence-electron chi connectivity index (χ3n) is 9.63. The number of hydrogen-bond acceptors (Lipinski definition) is 3. The van der Waals surface area contributed by atoms with Gasteiger partial charge in [-0.25, -0.2) is 0 Å². The molecule has 0 radical (unpaired) electrons. The van der Waals surface area contributed by atoms with Crippen LogP contribution in [0.5, 0.6) is 0 Å². The van der Waals surface area contributed by atoms with E-state index in [0.29, 0.717) is 27.9 Å². The average Bonchev–Trinajstić information content (AvgIpc) is 3.70. The molecule has 0 saturated carbocycles. The van der Waals surface area contributed by atoms with Crippen LogP contribution in [-0.2, 0) is 0 Å². The quantitative estimate of drug-likeness (QED) is 0.193. The molecule has 0 saturated heterocycles. The smallest absolute Gasteiger partial charge is 0.101 e. The highest BCUT2D eigenvalue weighted by molar-refractivity contribution is 6.12. The van der Waals surface area contributed by atoms with Crippen LogP contribution in [0.4, 0.5) is 0 Å². The summed E-state index contributed by atoms with van der Waals surface area (Å²) >= 11 is 0. The standard InChI is InChI=1S/C45H25N5/c46-26-29-19-22-43-39(23-29)38-15-8-11-34(28-48)45(38)50(43)44-25-31(20-21-33(44)27-47)30-9-7-10-32(24-30)35-12-1-4-16-40(35)49-41-17-5-2-13-36(41)37-14-3-6-18-42(37)49/h1-25H. The van der Waals surface area contributed by atoms with Crippen LogP contribution in [0.1, 0.15) is 16.7 Å². The molecular weight excluding hydrogens is 611 g/mol. The van der Waals surface area contributed by atoms with Gasteiger partial charge in [0.15, 0.2) is 0 Å². The van der Waals surface area contributed by atoms with E-state index in [4.69, 9.17) is 0 Å². The van der Waals surface area contributed by atoms with Crippen molar-refractivity contribution in [1.29, 1.82) is 15.8 Å². The second-order valence-corrected chi connectivity index (χ2v) is 12.3. The number of fused-ring (bicyclic) bond motifs is 6. The molecule has 0 unspecified atom stereocenters. The van der Waals surface area contributed by atoms with Crippen molar-refractivity contribution in [2.45, 2.75) is 0 Å². The molecule has 9 aromatic rings. The lowest BCUT2D eigenvalue weighted by Crippen LogP contribution is -2.00. The Labute approximate surface area is 287 Å². The summed E-state index contributed by atoms with van der Waals surface area (Å²) in [6.45, 7) is 0. The molecule has 2 heterocycles. The summed E-state index contributed by atoms with van der Waals surface area (Å²) in [5, 5.41) is 34.3. The summed E-state index contributed by atoms with van der Waals surface area (Å²) in [6.07, 6.45) is 0. The lowest BCUT2D eigenvalue weighted by atomic mass is 9.96. The molecule has 0 N–H and O–H groups in total. The van der Waals surface area contributed by atoms with E-state index in [9.17, 15) is 15.8 Å². The fourth-order valence-electron chi connectivity index (χ4n) is 7.43. The highest BCUT2D eigenvalue weighted by Crippen LogP contribution is 2.39. The topological polar surface area (TPSA) is 81.2 Å². The zero-order valence-corrected chi connectivity index (χ0v) is 26.7. The molecule has 0 spiro atoms. The van der Waals surface area contributed by atoms with E-state index < -0.39 is 0 Å². The number of para-hydroxylation sites is 4. The minimum atomic E-state index is 0.484. The van der Waals surface area contributed by atoms with Gasteiger partial charge in [-0.05, 0) is 77.4 Å². The number of aromatic nitrogens is 2. The van der Waals surface area contributed by atoms with E-state index >= 15 is 0 Å². The van der Waals surface area contributed by atoms with Gasteiger partial charge in [0.2, 0.25) is 0 Å². The molecule has 50 heavy (non-hydrogen) atoms. The predicted molar refractivity (Wildman–Crippen MR) is 200 cm³/mol. The Hall–Kier alpha value is -7.39. The minimum absolute atomic E-state index is 0.484. The third-order valence-corrected chi connectivity index (χ3v) is 9.63. The molecule has 5 heteroatoms. The van der Waals surface area contributed by atoms with Gasteiger partial charge in [0.05, 0.1) is 56.2 Å². The number of hydrogen-bond donors (Lipinski definition) is 0. The average molecular weight is 636 g/mol. The van der Waals surface area contributed by atoms with Gasteiger partial charge < -0.3 is 9.13 Å². The third kappa shape index (κ3) is 4.31. The van der Waals surface area contributed by atoms with Gasteiger partial charge in [0.25, 0.3) is 0 Å². The van der Waals surface area contributed by atoms with Gasteiger partial charge in [-0.3, -0.25) is 0 Å². The van der Waals surface area contributed by atoms with E-state index in [1.54, 1.807) is 12.1 Å². The lowest BCUT2D eigenvalue weighted by Gasteiger charge is -2.16. The summed E-state index contributed by atoms with van der Waals surface area (Å²) in [6, 6.07) is 58.0. The van der Waals surface area contributed by atoms with Gasteiger partial charge in [-0.1, -0.05) is 91.0 Å². The second kappa shape index (κ2) is 11.4. The number of nitrogens with zero attached hydrogens (tertiary/aromatic N) is 5. The summed E-state index contributed by atoms with van der Waals surface area (Å²) in [7, 11) is 0. The summed E-state index contributed by atoms with van der Waals surface area (Å²) < 4.78 is 4.34. The van der Waals surface area contributed by atoms with E-state index in [-0.39, 0.29) is 0 Å². The van der Waals surface area contributed by atoms with Crippen molar-refractivity contribution in [3.63, 3.8) is 0 Å². The molecule has 7 aromatic carbocycles. The summed E-state index contributed by atoms with van der Waals surface area (Å²) in [5.74, 6) is 0. The van der Waals surface area contributed by atoms with Gasteiger partial charge in [0, 0.05) is 27.1 Å². The number of rotatable bonds is 4. The maximum absolute atomic E-state index is 10.3. The van der Waals surface area contributed by atoms with E-state index in [2.05, 4.69) is 120 Å². The van der Waals surface area contributed by atoms with Crippen LogP contribution in [0.25, 0.3) is 77.2 Å². The van der Waals surface area contributed by atoms with E-state index in [0.717, 1.165) is 55.3 Å². The predicted octanol–water partition coefficient (Wildman–Crippen LogP) is 10.8. The Bertz CT molecular complexity index is 2920. The van der Waals surface area contributed by atoms with Crippen molar-refractivity contribution in [2.75, 3.05) is 0 Å². The fourth-order valence-corrected chi connectivity index (χ4v) is 7.43. The Morgan fingerprint density at radius 2 is 1.02 bits per heavy atom. The summed E-state index contributed by atoms with van der Waals surface area (Å²) in [5.41, 5.74) is 11.2. The summed E-state index contributed by atoms with van der Waals surface area (Å²) in [4.78, 5) is 0. The Morgan fingerprint density at radius 3 is 1.78 bits per heavy atom. The molecule has 5 nitrogen and oxygen atoms in total. The van der Waals surface area contributed by atoms with Crippen molar-refractivity contribution >= 4 is 43.6 Å². The fraction of sp³-hybridized carbons (Fsp3) is 0. The Balaban J connectivity index is 1.24. The molecule has 0 fully saturated rings. The first kappa shape index (κ1) is 28.8. The molecule has 0 atom stereocenters. The minimum Gasteiger partial charge on any atom is -0.309 e. The van der Waals surface area contributed by atoms with Gasteiger partial charge in [-0.15, -0.1) is 0 Å². The van der Waals surface area contributed by atoms with Crippen LogP contribution in [0.3, 0.4) is 0 Å². The highest BCUT2D eigenvalue weighted by Gasteiger charge is 2.20. The molecule has 230 valence electrons. The molecule has 0 aliphatic carbocycles. The molecule has 0 bridgehead atoms.